The highest BCUT2D eigenvalue weighted by atomic mass is 16.3. The Morgan fingerprint density at radius 2 is 2.38 bits per heavy atom. The fraction of sp³-hybridized carbons (Fsp3) is 0.400. The lowest BCUT2D eigenvalue weighted by molar-refractivity contribution is 0.0705. The van der Waals surface area contributed by atoms with Crippen LogP contribution in [0.15, 0.2) is 33.9 Å². The second-order valence-corrected chi connectivity index (χ2v) is 5.36. The van der Waals surface area contributed by atoms with Gasteiger partial charge in [0, 0.05) is 25.1 Å². The van der Waals surface area contributed by atoms with Gasteiger partial charge < -0.3 is 14.3 Å². The zero-order valence-electron chi connectivity index (χ0n) is 11.8. The monoisotopic (exact) mass is 287 g/mol. The molecule has 1 saturated heterocycles. The highest BCUT2D eigenvalue weighted by Gasteiger charge is 2.27. The van der Waals surface area contributed by atoms with Crippen LogP contribution in [0.5, 0.6) is 0 Å². The van der Waals surface area contributed by atoms with Gasteiger partial charge in [0.25, 0.3) is 11.5 Å². The summed E-state index contributed by atoms with van der Waals surface area (Å²) in [6.45, 7) is 3.07. The van der Waals surface area contributed by atoms with Crippen LogP contribution >= 0.6 is 0 Å². The van der Waals surface area contributed by atoms with Crippen molar-refractivity contribution >= 4 is 5.91 Å². The lowest BCUT2D eigenvalue weighted by atomic mass is 9.94. The van der Waals surface area contributed by atoms with Crippen molar-refractivity contribution in [1.82, 2.24) is 14.9 Å². The third-order valence-corrected chi connectivity index (χ3v) is 3.77. The van der Waals surface area contributed by atoms with Gasteiger partial charge in [-0.1, -0.05) is 0 Å². The van der Waals surface area contributed by atoms with Crippen LogP contribution in [0, 0.1) is 6.92 Å². The van der Waals surface area contributed by atoms with Gasteiger partial charge in [-0.2, -0.15) is 0 Å². The molecule has 0 radical (unpaired) electrons. The molecule has 0 saturated carbocycles. The van der Waals surface area contributed by atoms with E-state index in [0.717, 1.165) is 25.1 Å². The minimum Gasteiger partial charge on any atom is -0.472 e. The molecule has 3 heterocycles. The molecule has 1 amide bonds. The number of hydrogen-bond acceptors (Lipinski definition) is 4. The first-order valence-corrected chi connectivity index (χ1v) is 7.03. The summed E-state index contributed by atoms with van der Waals surface area (Å²) in [5, 5.41) is 0. The van der Waals surface area contributed by atoms with Crippen LogP contribution in [0.1, 0.15) is 40.6 Å². The van der Waals surface area contributed by atoms with Crippen molar-refractivity contribution in [3.8, 4) is 0 Å². The van der Waals surface area contributed by atoms with E-state index in [-0.39, 0.29) is 17.4 Å². The van der Waals surface area contributed by atoms with Gasteiger partial charge in [-0.3, -0.25) is 9.59 Å². The SMILES string of the molecule is Cc1nc(C2CCCN(C(=O)c3ccoc3)C2)cc(=O)[nH]1. The molecule has 0 bridgehead atoms. The van der Waals surface area contributed by atoms with Crippen LogP contribution in [-0.2, 0) is 0 Å². The number of nitrogens with one attached hydrogen (secondary N) is 1. The maximum Gasteiger partial charge on any atom is 0.257 e. The summed E-state index contributed by atoms with van der Waals surface area (Å²) >= 11 is 0. The molecule has 1 N–H and O–H groups in total. The fourth-order valence-corrected chi connectivity index (χ4v) is 2.78. The molecule has 1 atom stereocenters. The average molecular weight is 287 g/mol. The maximum atomic E-state index is 12.3. The molecule has 2 aromatic rings. The number of furan rings is 1. The summed E-state index contributed by atoms with van der Waals surface area (Å²) in [5.74, 6) is 0.682. The molecular weight excluding hydrogens is 270 g/mol. The first-order valence-electron chi connectivity index (χ1n) is 7.03. The Morgan fingerprint density at radius 3 is 3.10 bits per heavy atom. The molecule has 0 aliphatic carbocycles. The fourth-order valence-electron chi connectivity index (χ4n) is 2.78. The van der Waals surface area contributed by atoms with E-state index < -0.39 is 0 Å². The first kappa shape index (κ1) is 13.6. The number of nitrogens with zero attached hydrogens (tertiary/aromatic N) is 2. The molecule has 2 aromatic heterocycles. The lowest BCUT2D eigenvalue weighted by Crippen LogP contribution is -2.39. The number of piperidine rings is 1. The number of aromatic amines is 1. The highest BCUT2D eigenvalue weighted by Crippen LogP contribution is 2.26. The van der Waals surface area contributed by atoms with Gasteiger partial charge in [-0.15, -0.1) is 0 Å². The Bertz CT molecular complexity index is 690. The zero-order valence-corrected chi connectivity index (χ0v) is 11.8. The van der Waals surface area contributed by atoms with Crippen LogP contribution in [0.3, 0.4) is 0 Å². The number of H-pyrrole nitrogens is 1. The Hall–Kier alpha value is -2.37. The van der Waals surface area contributed by atoms with E-state index in [9.17, 15) is 9.59 Å². The predicted octanol–water partition coefficient (Wildman–Crippen LogP) is 1.69. The normalized spacial score (nSPS) is 18.7. The van der Waals surface area contributed by atoms with Crippen molar-refractivity contribution in [1.29, 1.82) is 0 Å². The van der Waals surface area contributed by atoms with Gasteiger partial charge in [-0.05, 0) is 25.8 Å². The number of hydrogen-bond donors (Lipinski definition) is 1. The van der Waals surface area contributed by atoms with Gasteiger partial charge in [0.2, 0.25) is 0 Å². The summed E-state index contributed by atoms with van der Waals surface area (Å²) in [6, 6.07) is 3.20. The maximum absolute atomic E-state index is 12.3. The topological polar surface area (TPSA) is 79.2 Å². The molecule has 110 valence electrons. The van der Waals surface area contributed by atoms with Crippen molar-refractivity contribution in [2.45, 2.75) is 25.7 Å². The number of aromatic nitrogens is 2. The van der Waals surface area contributed by atoms with Crippen LogP contribution in [0.4, 0.5) is 0 Å². The summed E-state index contributed by atoms with van der Waals surface area (Å²) in [4.78, 5) is 32.8. The molecule has 0 aromatic carbocycles. The van der Waals surface area contributed by atoms with Crippen LogP contribution in [-0.4, -0.2) is 33.9 Å². The van der Waals surface area contributed by atoms with Crippen molar-refractivity contribution < 1.29 is 9.21 Å². The number of amides is 1. The number of aryl methyl sites for hydroxylation is 1. The van der Waals surface area contributed by atoms with E-state index in [1.54, 1.807) is 17.9 Å². The average Bonchev–Trinajstić information content (AvgIpc) is 3.00. The van der Waals surface area contributed by atoms with Crippen molar-refractivity contribution in [2.75, 3.05) is 13.1 Å². The predicted molar refractivity (Wildman–Crippen MR) is 76.2 cm³/mol. The van der Waals surface area contributed by atoms with Crippen molar-refractivity contribution in [3.05, 3.63) is 52.1 Å². The quantitative estimate of drug-likeness (QED) is 0.911. The largest absolute Gasteiger partial charge is 0.472 e. The minimum absolute atomic E-state index is 0.0324. The number of likely N-dealkylation sites (tertiary alicyclic amines) is 1. The Balaban J connectivity index is 1.79. The van der Waals surface area contributed by atoms with E-state index in [1.165, 1.54) is 18.6 Å². The second kappa shape index (κ2) is 5.55. The van der Waals surface area contributed by atoms with E-state index in [0.29, 0.717) is 17.9 Å². The standard InChI is InChI=1S/C15H17N3O3/c1-10-16-13(7-14(19)17-10)11-3-2-5-18(8-11)15(20)12-4-6-21-9-12/h4,6-7,9,11H,2-3,5,8H2,1H3,(H,16,17,19). The van der Waals surface area contributed by atoms with Crippen molar-refractivity contribution in [2.24, 2.45) is 0 Å². The van der Waals surface area contributed by atoms with E-state index in [2.05, 4.69) is 9.97 Å². The van der Waals surface area contributed by atoms with Crippen LogP contribution < -0.4 is 5.56 Å². The Morgan fingerprint density at radius 1 is 1.52 bits per heavy atom. The third kappa shape index (κ3) is 2.89. The summed E-state index contributed by atoms with van der Waals surface area (Å²) in [5.41, 5.74) is 1.18. The van der Waals surface area contributed by atoms with E-state index >= 15 is 0 Å². The molecule has 6 heteroatoms. The van der Waals surface area contributed by atoms with Crippen LogP contribution in [0.2, 0.25) is 0 Å². The number of carbonyl (C=O) groups is 1. The summed E-state index contributed by atoms with van der Waals surface area (Å²) in [6.07, 6.45) is 4.80. The van der Waals surface area contributed by atoms with Gasteiger partial charge in [0.05, 0.1) is 17.5 Å². The molecule has 1 aliphatic heterocycles. The molecule has 21 heavy (non-hydrogen) atoms. The van der Waals surface area contributed by atoms with Gasteiger partial charge in [-0.25, -0.2) is 4.98 Å². The molecule has 3 rings (SSSR count). The lowest BCUT2D eigenvalue weighted by Gasteiger charge is -2.32. The summed E-state index contributed by atoms with van der Waals surface area (Å²) in [7, 11) is 0. The van der Waals surface area contributed by atoms with Crippen molar-refractivity contribution in [3.63, 3.8) is 0 Å². The number of carbonyl (C=O) groups excluding carboxylic acids is 1. The zero-order chi connectivity index (χ0) is 14.8. The molecule has 1 fully saturated rings. The second-order valence-electron chi connectivity index (χ2n) is 5.36. The smallest absolute Gasteiger partial charge is 0.257 e. The van der Waals surface area contributed by atoms with E-state index in [4.69, 9.17) is 4.42 Å². The Labute approximate surface area is 121 Å². The molecule has 1 aliphatic rings. The van der Waals surface area contributed by atoms with Gasteiger partial charge in [0.15, 0.2) is 0 Å². The first-order chi connectivity index (χ1) is 10.1. The summed E-state index contributed by atoms with van der Waals surface area (Å²) < 4.78 is 4.96. The highest BCUT2D eigenvalue weighted by molar-refractivity contribution is 5.93. The molecule has 6 nitrogen and oxygen atoms in total. The van der Waals surface area contributed by atoms with Gasteiger partial charge in [0.1, 0.15) is 12.1 Å². The third-order valence-electron chi connectivity index (χ3n) is 3.77. The molecular formula is C15H17N3O3. The van der Waals surface area contributed by atoms with Crippen LogP contribution in [0.25, 0.3) is 0 Å². The van der Waals surface area contributed by atoms with E-state index in [1.807, 2.05) is 0 Å². The van der Waals surface area contributed by atoms with Gasteiger partial charge >= 0.3 is 0 Å². The number of rotatable bonds is 2. The Kier molecular flexibility index (Phi) is 3.60. The molecule has 0 spiro atoms. The molecule has 1 unspecified atom stereocenters. The minimum atomic E-state index is -0.143.